The zero-order valence-electron chi connectivity index (χ0n) is 8.91. The highest BCUT2D eigenvalue weighted by Crippen LogP contribution is 2.19. The van der Waals surface area contributed by atoms with Gasteiger partial charge in [-0.2, -0.15) is 8.42 Å². The molecule has 5 nitrogen and oxygen atoms in total. The van der Waals surface area contributed by atoms with Crippen LogP contribution in [0.3, 0.4) is 0 Å². The van der Waals surface area contributed by atoms with Gasteiger partial charge < -0.3 is 13.7 Å². The molecule has 0 aliphatic carbocycles. The van der Waals surface area contributed by atoms with Crippen molar-refractivity contribution < 1.29 is 22.1 Å². The minimum Gasteiger partial charge on any atom is -0.383 e. The molecule has 1 aromatic rings. The molecule has 16 heavy (non-hydrogen) atoms. The summed E-state index contributed by atoms with van der Waals surface area (Å²) in [5.41, 5.74) is 0.637. The van der Waals surface area contributed by atoms with Crippen LogP contribution in [-0.2, 0) is 19.6 Å². The number of hydrogen-bond donors (Lipinski definition) is 0. The monoisotopic (exact) mass is 244 g/mol. The van der Waals surface area contributed by atoms with Crippen LogP contribution in [0.2, 0.25) is 0 Å². The summed E-state index contributed by atoms with van der Waals surface area (Å²) in [6.45, 7) is 0. The van der Waals surface area contributed by atoms with Crippen molar-refractivity contribution in [3.8, 4) is 5.75 Å². The summed E-state index contributed by atoms with van der Waals surface area (Å²) in [4.78, 5) is 10.6. The van der Waals surface area contributed by atoms with E-state index in [0.29, 0.717) is 11.8 Å². The maximum absolute atomic E-state index is 10.8. The van der Waals surface area contributed by atoms with Crippen molar-refractivity contribution in [3.63, 3.8) is 0 Å². The Morgan fingerprint density at radius 3 is 2.19 bits per heavy atom. The summed E-state index contributed by atoms with van der Waals surface area (Å²) in [6.07, 6.45) is 0.976. The van der Waals surface area contributed by atoms with Crippen molar-refractivity contribution in [3.05, 3.63) is 29.8 Å². The van der Waals surface area contributed by atoms with Gasteiger partial charge in [0.05, 0.1) is 6.26 Å². The fourth-order valence-corrected chi connectivity index (χ4v) is 1.62. The Bertz CT molecular complexity index is 449. The first-order valence-corrected chi connectivity index (χ1v) is 6.25. The van der Waals surface area contributed by atoms with Crippen LogP contribution in [-0.4, -0.2) is 28.1 Å². The van der Waals surface area contributed by atoms with E-state index in [1.165, 1.54) is 19.2 Å². The third-order valence-electron chi connectivity index (χ3n) is 1.83. The molecule has 1 aromatic carbocycles. The third-order valence-corrected chi connectivity index (χ3v) is 2.33. The number of ether oxygens (including phenoxy) is 1. The van der Waals surface area contributed by atoms with Crippen molar-refractivity contribution in [2.24, 2.45) is 0 Å². The van der Waals surface area contributed by atoms with E-state index in [1.54, 1.807) is 12.1 Å². The van der Waals surface area contributed by atoms with Crippen molar-refractivity contribution in [1.29, 1.82) is 0 Å². The Balaban J connectivity index is 2.86. The maximum Gasteiger partial charge on any atom is 0.306 e. The van der Waals surface area contributed by atoms with Gasteiger partial charge in [0, 0.05) is 7.11 Å². The molecular formula is C10H12O5S. The molecule has 0 heterocycles. The molecule has 0 saturated carbocycles. The first-order chi connectivity index (χ1) is 7.46. The van der Waals surface area contributed by atoms with Crippen molar-refractivity contribution >= 4 is 16.4 Å². The number of aldehydes is 1. The Kier molecular flexibility index (Phi) is 4.03. The van der Waals surface area contributed by atoms with Gasteiger partial charge in [-0.25, -0.2) is 0 Å². The molecule has 0 spiro atoms. The van der Waals surface area contributed by atoms with Gasteiger partial charge >= 0.3 is 10.1 Å². The van der Waals surface area contributed by atoms with E-state index in [1.807, 2.05) is 0 Å². The molecule has 0 bridgehead atoms. The molecule has 0 aliphatic heterocycles. The van der Waals surface area contributed by atoms with E-state index in [-0.39, 0.29) is 5.75 Å². The predicted octanol–water partition coefficient (Wildman–Crippen LogP) is 0.911. The van der Waals surface area contributed by atoms with Crippen LogP contribution in [0.4, 0.5) is 0 Å². The zero-order chi connectivity index (χ0) is 12.2. The lowest BCUT2D eigenvalue weighted by Crippen LogP contribution is -2.06. The van der Waals surface area contributed by atoms with Gasteiger partial charge in [0.2, 0.25) is 0 Å². The molecule has 0 fully saturated rings. The quantitative estimate of drug-likeness (QED) is 0.569. The highest BCUT2D eigenvalue weighted by Gasteiger charge is 2.09. The lowest BCUT2D eigenvalue weighted by atomic mass is 10.1. The second kappa shape index (κ2) is 5.09. The molecule has 0 saturated heterocycles. The Hall–Kier alpha value is -1.40. The van der Waals surface area contributed by atoms with Gasteiger partial charge in [-0.3, -0.25) is 0 Å². The molecule has 0 radical (unpaired) electrons. The van der Waals surface area contributed by atoms with Crippen LogP contribution in [0.1, 0.15) is 11.7 Å². The van der Waals surface area contributed by atoms with E-state index in [2.05, 4.69) is 4.18 Å². The molecule has 6 heteroatoms. The molecule has 1 rings (SSSR count). The van der Waals surface area contributed by atoms with Gasteiger partial charge in [0.1, 0.15) is 11.9 Å². The molecule has 1 unspecified atom stereocenters. The lowest BCUT2D eigenvalue weighted by molar-refractivity contribution is -0.116. The van der Waals surface area contributed by atoms with Crippen molar-refractivity contribution in [1.82, 2.24) is 0 Å². The van der Waals surface area contributed by atoms with Crippen LogP contribution in [0, 0.1) is 0 Å². The summed E-state index contributed by atoms with van der Waals surface area (Å²) < 4.78 is 31.2. The highest BCUT2D eigenvalue weighted by atomic mass is 32.2. The van der Waals surface area contributed by atoms with Crippen LogP contribution >= 0.6 is 0 Å². The number of benzene rings is 1. The number of carbonyl (C=O) groups excluding carboxylic acids is 1. The average molecular weight is 244 g/mol. The maximum atomic E-state index is 10.8. The highest BCUT2D eigenvalue weighted by molar-refractivity contribution is 7.86. The van der Waals surface area contributed by atoms with Crippen LogP contribution in [0.15, 0.2) is 24.3 Å². The largest absolute Gasteiger partial charge is 0.383 e. The van der Waals surface area contributed by atoms with E-state index < -0.39 is 16.2 Å². The van der Waals surface area contributed by atoms with Gasteiger partial charge in [-0.15, -0.1) is 0 Å². The lowest BCUT2D eigenvalue weighted by Gasteiger charge is -2.09. The van der Waals surface area contributed by atoms with E-state index in [0.717, 1.165) is 6.26 Å². The summed E-state index contributed by atoms with van der Waals surface area (Å²) in [5, 5.41) is 0. The van der Waals surface area contributed by atoms with Crippen LogP contribution < -0.4 is 4.18 Å². The minimum absolute atomic E-state index is 0.201. The second-order valence-corrected chi connectivity index (χ2v) is 4.72. The smallest absolute Gasteiger partial charge is 0.306 e. The Morgan fingerprint density at radius 1 is 1.25 bits per heavy atom. The standard InChI is InChI=1S/C10H12O5S/c1-14-10(7-11)8-3-5-9(6-4-8)15-16(2,12)13/h3-7,10H,1-2H3. The number of rotatable bonds is 5. The number of carbonyl (C=O) groups is 1. The molecule has 0 N–H and O–H groups in total. The third kappa shape index (κ3) is 3.63. The Labute approximate surface area is 94.1 Å². The normalized spacial score (nSPS) is 13.1. The topological polar surface area (TPSA) is 69.7 Å². The average Bonchev–Trinajstić information content (AvgIpc) is 2.20. The molecule has 88 valence electrons. The number of methoxy groups -OCH3 is 1. The summed E-state index contributed by atoms with van der Waals surface area (Å²) >= 11 is 0. The predicted molar refractivity (Wildman–Crippen MR) is 57.7 cm³/mol. The van der Waals surface area contributed by atoms with E-state index in [4.69, 9.17) is 4.74 Å². The van der Waals surface area contributed by atoms with Gasteiger partial charge in [0.15, 0.2) is 6.29 Å². The molecule has 1 atom stereocenters. The van der Waals surface area contributed by atoms with Gasteiger partial charge in [-0.05, 0) is 17.7 Å². The SMILES string of the molecule is COC(C=O)c1ccc(OS(C)(=O)=O)cc1. The Morgan fingerprint density at radius 2 is 1.81 bits per heavy atom. The fourth-order valence-electron chi connectivity index (χ4n) is 1.16. The minimum atomic E-state index is -3.52. The molecule has 0 aromatic heterocycles. The first-order valence-electron chi connectivity index (χ1n) is 4.44. The molecular weight excluding hydrogens is 232 g/mol. The number of hydrogen-bond acceptors (Lipinski definition) is 5. The fraction of sp³-hybridized carbons (Fsp3) is 0.300. The van der Waals surface area contributed by atoms with E-state index in [9.17, 15) is 13.2 Å². The summed E-state index contributed by atoms with van der Waals surface area (Å²) in [6, 6.07) is 6.07. The summed E-state index contributed by atoms with van der Waals surface area (Å²) in [7, 11) is -2.11. The summed E-state index contributed by atoms with van der Waals surface area (Å²) in [5.74, 6) is 0.201. The van der Waals surface area contributed by atoms with Gasteiger partial charge in [0.25, 0.3) is 0 Å². The van der Waals surface area contributed by atoms with Gasteiger partial charge in [-0.1, -0.05) is 12.1 Å². The van der Waals surface area contributed by atoms with Crippen molar-refractivity contribution in [2.45, 2.75) is 6.10 Å². The van der Waals surface area contributed by atoms with Crippen molar-refractivity contribution in [2.75, 3.05) is 13.4 Å². The van der Waals surface area contributed by atoms with E-state index >= 15 is 0 Å². The second-order valence-electron chi connectivity index (χ2n) is 3.15. The first kappa shape index (κ1) is 12.7. The van der Waals surface area contributed by atoms with Crippen LogP contribution in [0.5, 0.6) is 5.75 Å². The zero-order valence-corrected chi connectivity index (χ0v) is 9.73. The molecule has 0 amide bonds. The molecule has 0 aliphatic rings. The van der Waals surface area contributed by atoms with Crippen LogP contribution in [0.25, 0.3) is 0 Å².